The molecule has 2 aromatic rings. The van der Waals surface area contributed by atoms with E-state index in [9.17, 15) is 5.11 Å². The van der Waals surface area contributed by atoms with Crippen LogP contribution in [0, 0.1) is 0 Å². The van der Waals surface area contributed by atoms with Crippen molar-refractivity contribution in [3.05, 3.63) is 58.3 Å². The molecule has 1 heterocycles. The van der Waals surface area contributed by atoms with E-state index in [-0.39, 0.29) is 6.10 Å². The smallest absolute Gasteiger partial charge is 0.0707 e. The Hall–Kier alpha value is -1.20. The molecule has 0 aliphatic rings. The molecule has 0 aliphatic heterocycles. The van der Waals surface area contributed by atoms with E-state index in [2.05, 4.69) is 33.9 Å². The fraction of sp³-hybridized carbons (Fsp3) is 0.444. The molecule has 4 heteroatoms. The zero-order chi connectivity index (χ0) is 15.6. The predicted octanol–water partition coefficient (Wildman–Crippen LogP) is 3.19. The van der Waals surface area contributed by atoms with Crippen molar-refractivity contribution in [2.75, 3.05) is 26.8 Å². The molecule has 22 heavy (non-hydrogen) atoms. The van der Waals surface area contributed by atoms with Gasteiger partial charge < -0.3 is 9.84 Å². The maximum atomic E-state index is 10.4. The van der Waals surface area contributed by atoms with Crippen LogP contribution in [0.5, 0.6) is 0 Å². The number of hydrogen-bond donors (Lipinski definition) is 1. The maximum Gasteiger partial charge on any atom is 0.0707 e. The summed E-state index contributed by atoms with van der Waals surface area (Å²) < 4.78 is 5.14. The van der Waals surface area contributed by atoms with Crippen molar-refractivity contribution in [2.45, 2.75) is 25.5 Å². The van der Waals surface area contributed by atoms with Gasteiger partial charge in [-0.2, -0.15) is 11.3 Å². The average molecular weight is 319 g/mol. The summed E-state index contributed by atoms with van der Waals surface area (Å²) in [6.07, 6.45) is 1.34. The summed E-state index contributed by atoms with van der Waals surface area (Å²) in [5, 5.41) is 14.7. The summed E-state index contributed by atoms with van der Waals surface area (Å²) in [6.45, 7) is 3.28. The highest BCUT2D eigenvalue weighted by Gasteiger charge is 2.13. The molecule has 2 rings (SSSR count). The maximum absolute atomic E-state index is 10.4. The number of aliphatic hydroxyl groups excluding tert-OH is 1. The lowest BCUT2D eigenvalue weighted by atomic mass is 10.1. The Morgan fingerprint density at radius 2 is 2.00 bits per heavy atom. The van der Waals surface area contributed by atoms with Gasteiger partial charge in [-0.25, -0.2) is 0 Å². The van der Waals surface area contributed by atoms with Crippen LogP contribution in [0.3, 0.4) is 0 Å². The molecule has 0 radical (unpaired) electrons. The first-order chi connectivity index (χ1) is 10.8. The van der Waals surface area contributed by atoms with Crippen LogP contribution in [-0.4, -0.2) is 42.9 Å². The zero-order valence-corrected chi connectivity index (χ0v) is 14.0. The molecule has 1 aromatic carbocycles. The van der Waals surface area contributed by atoms with Gasteiger partial charge in [-0.05, 0) is 40.8 Å². The van der Waals surface area contributed by atoms with Crippen LogP contribution in [0.15, 0.2) is 47.2 Å². The van der Waals surface area contributed by atoms with E-state index in [1.54, 1.807) is 18.4 Å². The average Bonchev–Trinajstić information content (AvgIpc) is 3.01. The van der Waals surface area contributed by atoms with Crippen LogP contribution in [-0.2, 0) is 17.7 Å². The van der Waals surface area contributed by atoms with Crippen molar-refractivity contribution in [2.24, 2.45) is 0 Å². The first kappa shape index (κ1) is 17.2. The molecule has 1 aromatic heterocycles. The molecular weight excluding hydrogens is 294 g/mol. The lowest BCUT2D eigenvalue weighted by molar-refractivity contribution is 0.0995. The quantitative estimate of drug-likeness (QED) is 0.683. The van der Waals surface area contributed by atoms with Gasteiger partial charge in [-0.1, -0.05) is 30.3 Å². The van der Waals surface area contributed by atoms with Crippen LogP contribution in [0.2, 0.25) is 0 Å². The molecule has 0 saturated heterocycles. The number of methoxy groups -OCH3 is 1. The predicted molar refractivity (Wildman–Crippen MR) is 92.2 cm³/mol. The van der Waals surface area contributed by atoms with E-state index in [1.807, 2.05) is 18.2 Å². The lowest BCUT2D eigenvalue weighted by Crippen LogP contribution is -2.34. The molecule has 1 atom stereocenters. The standard InChI is InChI=1S/C18H25NO2S/c1-21-10-5-9-19(13-17-8-11-22-15-17)14-18(20)12-16-6-3-2-4-7-16/h2-4,6-8,11,15,18,20H,5,9-10,12-14H2,1H3. The van der Waals surface area contributed by atoms with Gasteiger partial charge in [0, 0.05) is 33.4 Å². The summed E-state index contributed by atoms with van der Waals surface area (Å²) in [6, 6.07) is 12.3. The van der Waals surface area contributed by atoms with Gasteiger partial charge in [0.15, 0.2) is 0 Å². The van der Waals surface area contributed by atoms with Crippen molar-refractivity contribution in [1.29, 1.82) is 0 Å². The van der Waals surface area contributed by atoms with Crippen LogP contribution in [0.25, 0.3) is 0 Å². The van der Waals surface area contributed by atoms with Gasteiger partial charge in [0.05, 0.1) is 6.10 Å². The van der Waals surface area contributed by atoms with E-state index >= 15 is 0 Å². The Balaban J connectivity index is 1.86. The summed E-state index contributed by atoms with van der Waals surface area (Å²) >= 11 is 1.72. The molecule has 120 valence electrons. The first-order valence-electron chi connectivity index (χ1n) is 7.72. The third-order valence-electron chi connectivity index (χ3n) is 3.59. The van der Waals surface area contributed by atoms with Crippen molar-refractivity contribution in [3.63, 3.8) is 0 Å². The van der Waals surface area contributed by atoms with Crippen LogP contribution >= 0.6 is 11.3 Å². The largest absolute Gasteiger partial charge is 0.391 e. The molecule has 0 fully saturated rings. The second kappa shape index (κ2) is 9.74. The van der Waals surface area contributed by atoms with E-state index in [1.165, 1.54) is 11.1 Å². The fourth-order valence-electron chi connectivity index (χ4n) is 2.56. The Kier molecular flexibility index (Phi) is 7.60. The lowest BCUT2D eigenvalue weighted by Gasteiger charge is -2.25. The van der Waals surface area contributed by atoms with Crippen LogP contribution < -0.4 is 0 Å². The highest BCUT2D eigenvalue weighted by molar-refractivity contribution is 7.07. The van der Waals surface area contributed by atoms with Gasteiger partial charge in [0.1, 0.15) is 0 Å². The number of thiophene rings is 1. The van der Waals surface area contributed by atoms with Crippen molar-refractivity contribution >= 4 is 11.3 Å². The molecule has 1 N–H and O–H groups in total. The third kappa shape index (κ3) is 6.28. The minimum absolute atomic E-state index is 0.344. The van der Waals surface area contributed by atoms with Crippen LogP contribution in [0.4, 0.5) is 0 Å². The third-order valence-corrected chi connectivity index (χ3v) is 4.32. The summed E-state index contributed by atoms with van der Waals surface area (Å²) in [5.41, 5.74) is 2.50. The van der Waals surface area contributed by atoms with Gasteiger partial charge in [-0.15, -0.1) is 0 Å². The summed E-state index contributed by atoms with van der Waals surface area (Å²) in [5.74, 6) is 0. The second-order valence-corrected chi connectivity index (χ2v) is 6.34. The van der Waals surface area contributed by atoms with E-state index in [0.29, 0.717) is 13.0 Å². The van der Waals surface area contributed by atoms with E-state index < -0.39 is 0 Å². The minimum atomic E-state index is -0.344. The number of aliphatic hydroxyl groups is 1. The van der Waals surface area contributed by atoms with Crippen molar-refractivity contribution in [3.8, 4) is 0 Å². The van der Waals surface area contributed by atoms with Crippen LogP contribution in [0.1, 0.15) is 17.5 Å². The summed E-state index contributed by atoms with van der Waals surface area (Å²) in [7, 11) is 1.73. The molecule has 0 amide bonds. The fourth-order valence-corrected chi connectivity index (χ4v) is 3.22. The van der Waals surface area contributed by atoms with Gasteiger partial charge in [0.2, 0.25) is 0 Å². The van der Waals surface area contributed by atoms with E-state index in [4.69, 9.17) is 4.74 Å². The Bertz CT molecular complexity index is 501. The normalized spacial score (nSPS) is 12.7. The SMILES string of the molecule is COCCCN(Cc1ccsc1)CC(O)Cc1ccccc1. The molecular formula is C18H25NO2S. The number of ether oxygens (including phenoxy) is 1. The Morgan fingerprint density at radius 1 is 1.18 bits per heavy atom. The van der Waals surface area contributed by atoms with Gasteiger partial charge in [0.25, 0.3) is 0 Å². The topological polar surface area (TPSA) is 32.7 Å². The van der Waals surface area contributed by atoms with E-state index in [0.717, 1.165) is 26.1 Å². The molecule has 1 unspecified atom stereocenters. The zero-order valence-electron chi connectivity index (χ0n) is 13.1. The highest BCUT2D eigenvalue weighted by atomic mass is 32.1. The minimum Gasteiger partial charge on any atom is -0.391 e. The van der Waals surface area contributed by atoms with Crippen molar-refractivity contribution in [1.82, 2.24) is 4.90 Å². The van der Waals surface area contributed by atoms with Gasteiger partial charge in [-0.3, -0.25) is 4.90 Å². The van der Waals surface area contributed by atoms with Gasteiger partial charge >= 0.3 is 0 Å². The highest BCUT2D eigenvalue weighted by Crippen LogP contribution is 2.12. The molecule has 0 bridgehead atoms. The molecule has 0 aliphatic carbocycles. The number of benzene rings is 1. The molecule has 0 saturated carbocycles. The molecule has 3 nitrogen and oxygen atoms in total. The molecule has 0 spiro atoms. The Morgan fingerprint density at radius 3 is 2.68 bits per heavy atom. The summed E-state index contributed by atoms with van der Waals surface area (Å²) in [4.78, 5) is 2.31. The Labute approximate surface area is 137 Å². The first-order valence-corrected chi connectivity index (χ1v) is 8.66. The number of hydrogen-bond acceptors (Lipinski definition) is 4. The number of nitrogens with zero attached hydrogens (tertiary/aromatic N) is 1. The number of rotatable bonds is 10. The van der Waals surface area contributed by atoms with Crippen molar-refractivity contribution < 1.29 is 9.84 Å². The monoisotopic (exact) mass is 319 g/mol. The second-order valence-electron chi connectivity index (χ2n) is 5.56.